The summed E-state index contributed by atoms with van der Waals surface area (Å²) in [6, 6.07) is -0.758. The van der Waals surface area contributed by atoms with Gasteiger partial charge in [-0.15, -0.1) is 11.3 Å². The lowest BCUT2D eigenvalue weighted by Gasteiger charge is -2.14. The Hall–Kier alpha value is -1.67. The molecule has 0 spiro atoms. The highest BCUT2D eigenvalue weighted by atomic mass is 32.1. The molecular weight excluding hydrogens is 270 g/mol. The van der Waals surface area contributed by atoms with E-state index in [2.05, 4.69) is 15.6 Å². The molecule has 2 amide bonds. The summed E-state index contributed by atoms with van der Waals surface area (Å²) in [6.45, 7) is 5.22. The molecule has 0 aliphatic carbocycles. The van der Waals surface area contributed by atoms with Crippen molar-refractivity contribution in [3.63, 3.8) is 0 Å². The second-order valence-corrected chi connectivity index (χ2v) is 5.35. The highest BCUT2D eigenvalue weighted by molar-refractivity contribution is 7.11. The van der Waals surface area contributed by atoms with E-state index in [4.69, 9.17) is 10.2 Å². The SMILES string of the molecule is Cc1nc(C)c(C(C)NC(=O)NCC(O)C(=O)O)s1. The fourth-order valence-electron chi connectivity index (χ4n) is 1.54. The summed E-state index contributed by atoms with van der Waals surface area (Å²) < 4.78 is 0. The monoisotopic (exact) mass is 287 g/mol. The Morgan fingerprint density at radius 2 is 2.05 bits per heavy atom. The van der Waals surface area contributed by atoms with Crippen LogP contribution < -0.4 is 10.6 Å². The van der Waals surface area contributed by atoms with Crippen LogP contribution in [0.15, 0.2) is 0 Å². The number of aliphatic hydroxyl groups excluding tert-OH is 1. The molecule has 1 aromatic rings. The number of carboxylic acid groups (broad SMARTS) is 1. The molecule has 8 heteroatoms. The van der Waals surface area contributed by atoms with Crippen LogP contribution >= 0.6 is 11.3 Å². The van der Waals surface area contributed by atoms with E-state index in [1.165, 1.54) is 11.3 Å². The predicted octanol–water partition coefficient (Wildman–Crippen LogP) is 0.566. The number of hydrogen-bond donors (Lipinski definition) is 4. The number of hydrogen-bond acceptors (Lipinski definition) is 5. The molecule has 19 heavy (non-hydrogen) atoms. The Balaban J connectivity index is 2.48. The maximum atomic E-state index is 11.5. The van der Waals surface area contributed by atoms with Gasteiger partial charge in [0.2, 0.25) is 0 Å². The van der Waals surface area contributed by atoms with E-state index < -0.39 is 18.1 Å². The Labute approximate surface area is 114 Å². The number of aryl methyl sites for hydroxylation is 2. The van der Waals surface area contributed by atoms with Crippen LogP contribution in [0, 0.1) is 13.8 Å². The van der Waals surface area contributed by atoms with E-state index in [-0.39, 0.29) is 12.6 Å². The number of carbonyl (C=O) groups excluding carboxylic acids is 1. The molecule has 4 N–H and O–H groups in total. The van der Waals surface area contributed by atoms with Crippen LogP contribution in [-0.4, -0.2) is 39.8 Å². The molecule has 0 aromatic carbocycles. The zero-order valence-corrected chi connectivity index (χ0v) is 11.7. The predicted molar refractivity (Wildman–Crippen MR) is 70.2 cm³/mol. The van der Waals surface area contributed by atoms with E-state index in [0.29, 0.717) is 0 Å². The normalized spacial score (nSPS) is 13.7. The van der Waals surface area contributed by atoms with Crippen molar-refractivity contribution in [3.05, 3.63) is 15.6 Å². The summed E-state index contributed by atoms with van der Waals surface area (Å²) in [6.07, 6.45) is -1.60. The molecule has 2 unspecified atom stereocenters. The average molecular weight is 287 g/mol. The number of carboxylic acids is 1. The average Bonchev–Trinajstić information content (AvgIpc) is 2.65. The summed E-state index contributed by atoms with van der Waals surface area (Å²) >= 11 is 1.50. The van der Waals surface area contributed by atoms with Gasteiger partial charge in [0.15, 0.2) is 6.10 Å². The Morgan fingerprint density at radius 3 is 2.53 bits per heavy atom. The van der Waals surface area contributed by atoms with Gasteiger partial charge >= 0.3 is 12.0 Å². The van der Waals surface area contributed by atoms with Gasteiger partial charge < -0.3 is 20.8 Å². The molecule has 1 heterocycles. The van der Waals surface area contributed by atoms with Crippen molar-refractivity contribution >= 4 is 23.3 Å². The van der Waals surface area contributed by atoms with Gasteiger partial charge in [0, 0.05) is 4.88 Å². The van der Waals surface area contributed by atoms with E-state index in [9.17, 15) is 9.59 Å². The molecule has 1 rings (SSSR count). The lowest BCUT2D eigenvalue weighted by atomic mass is 10.2. The third-order valence-electron chi connectivity index (χ3n) is 2.42. The number of thiazole rings is 1. The van der Waals surface area contributed by atoms with Gasteiger partial charge in [-0.3, -0.25) is 0 Å². The van der Waals surface area contributed by atoms with Crippen molar-refractivity contribution in [1.29, 1.82) is 0 Å². The Kier molecular flexibility index (Phi) is 5.25. The van der Waals surface area contributed by atoms with Crippen molar-refractivity contribution in [1.82, 2.24) is 15.6 Å². The van der Waals surface area contributed by atoms with Crippen molar-refractivity contribution in [3.8, 4) is 0 Å². The zero-order valence-electron chi connectivity index (χ0n) is 10.9. The summed E-state index contributed by atoms with van der Waals surface area (Å²) in [7, 11) is 0. The molecular formula is C11H17N3O4S. The fraction of sp³-hybridized carbons (Fsp3) is 0.545. The molecule has 106 valence electrons. The fourth-order valence-corrected chi connectivity index (χ4v) is 2.47. The first kappa shape index (κ1) is 15.4. The number of amides is 2. The maximum absolute atomic E-state index is 11.5. The van der Waals surface area contributed by atoms with E-state index in [1.54, 1.807) is 0 Å². The minimum atomic E-state index is -1.60. The molecule has 0 aliphatic rings. The molecule has 0 saturated heterocycles. The molecule has 2 atom stereocenters. The number of carbonyl (C=O) groups is 2. The third kappa shape index (κ3) is 4.49. The second kappa shape index (κ2) is 6.48. The zero-order chi connectivity index (χ0) is 14.6. The van der Waals surface area contributed by atoms with Crippen LogP contribution in [0.4, 0.5) is 4.79 Å². The molecule has 1 aromatic heterocycles. The lowest BCUT2D eigenvalue weighted by molar-refractivity contribution is -0.146. The topological polar surface area (TPSA) is 112 Å². The number of nitrogens with zero attached hydrogens (tertiary/aromatic N) is 1. The molecule has 0 radical (unpaired) electrons. The van der Waals surface area contributed by atoms with Crippen molar-refractivity contribution < 1.29 is 19.8 Å². The van der Waals surface area contributed by atoms with Crippen molar-refractivity contribution in [2.24, 2.45) is 0 Å². The summed E-state index contributed by atoms with van der Waals surface area (Å²) in [5, 5.41) is 23.4. The highest BCUT2D eigenvalue weighted by Gasteiger charge is 2.17. The van der Waals surface area contributed by atoms with Crippen LogP contribution in [0.25, 0.3) is 0 Å². The second-order valence-electron chi connectivity index (χ2n) is 4.11. The smallest absolute Gasteiger partial charge is 0.334 e. The Morgan fingerprint density at radius 1 is 1.42 bits per heavy atom. The number of urea groups is 1. The van der Waals surface area contributed by atoms with E-state index in [0.717, 1.165) is 15.6 Å². The maximum Gasteiger partial charge on any atom is 0.334 e. The van der Waals surface area contributed by atoms with E-state index in [1.807, 2.05) is 20.8 Å². The first-order chi connectivity index (χ1) is 8.81. The first-order valence-corrected chi connectivity index (χ1v) is 6.52. The number of aliphatic carboxylic acids is 1. The van der Waals surface area contributed by atoms with Gasteiger partial charge in [0.1, 0.15) is 0 Å². The quantitative estimate of drug-likeness (QED) is 0.632. The van der Waals surface area contributed by atoms with Gasteiger partial charge in [0.25, 0.3) is 0 Å². The summed E-state index contributed by atoms with van der Waals surface area (Å²) in [5.74, 6) is -1.37. The van der Waals surface area contributed by atoms with Gasteiger partial charge in [0.05, 0.1) is 23.3 Å². The lowest BCUT2D eigenvalue weighted by Crippen LogP contribution is -2.42. The number of nitrogens with one attached hydrogen (secondary N) is 2. The third-order valence-corrected chi connectivity index (χ3v) is 3.68. The summed E-state index contributed by atoms with van der Waals surface area (Å²) in [4.78, 5) is 27.1. The van der Waals surface area contributed by atoms with Crippen molar-refractivity contribution in [2.75, 3.05) is 6.54 Å². The van der Waals surface area contributed by atoms with Crippen LogP contribution in [-0.2, 0) is 4.79 Å². The number of rotatable bonds is 5. The van der Waals surface area contributed by atoms with Crippen molar-refractivity contribution in [2.45, 2.75) is 32.9 Å². The van der Waals surface area contributed by atoms with Gasteiger partial charge in [-0.1, -0.05) is 0 Å². The molecule has 7 nitrogen and oxygen atoms in total. The molecule has 0 fully saturated rings. The summed E-state index contributed by atoms with van der Waals surface area (Å²) in [5.41, 5.74) is 0.862. The highest BCUT2D eigenvalue weighted by Crippen LogP contribution is 2.24. The van der Waals surface area contributed by atoms with E-state index >= 15 is 0 Å². The van der Waals surface area contributed by atoms with Crippen LogP contribution in [0.2, 0.25) is 0 Å². The van der Waals surface area contributed by atoms with Gasteiger partial charge in [-0.25, -0.2) is 14.6 Å². The first-order valence-electron chi connectivity index (χ1n) is 5.70. The van der Waals surface area contributed by atoms with Crippen LogP contribution in [0.3, 0.4) is 0 Å². The number of aliphatic hydroxyl groups is 1. The minimum absolute atomic E-state index is 0.229. The standard InChI is InChI=1S/C11H17N3O4S/c1-5-9(19-7(3)13-5)6(2)14-11(18)12-4-8(15)10(16)17/h6,8,15H,4H2,1-3H3,(H,16,17)(H2,12,14,18). The van der Waals surface area contributed by atoms with Crippen LogP contribution in [0.1, 0.15) is 28.5 Å². The molecule has 0 bridgehead atoms. The minimum Gasteiger partial charge on any atom is -0.479 e. The van der Waals surface area contributed by atoms with Gasteiger partial charge in [-0.05, 0) is 20.8 Å². The largest absolute Gasteiger partial charge is 0.479 e. The molecule has 0 aliphatic heterocycles. The Bertz CT molecular complexity index is 475. The number of aromatic nitrogens is 1. The van der Waals surface area contributed by atoms with Gasteiger partial charge in [-0.2, -0.15) is 0 Å². The van der Waals surface area contributed by atoms with Crippen LogP contribution in [0.5, 0.6) is 0 Å². The molecule has 0 saturated carbocycles.